The molecular weight excluding hydrogens is 228 g/mol. The Kier molecular flexibility index (Phi) is 4.57. The van der Waals surface area contributed by atoms with Crippen molar-refractivity contribution < 1.29 is 0 Å². The molecule has 1 aliphatic rings. The predicted octanol–water partition coefficient (Wildman–Crippen LogP) is 3.27. The van der Waals surface area contributed by atoms with Gasteiger partial charge < -0.3 is 9.88 Å². The number of rotatable bonds is 6. The summed E-state index contributed by atoms with van der Waals surface area (Å²) in [5.41, 5.74) is 1.42. The summed E-state index contributed by atoms with van der Waals surface area (Å²) in [7, 11) is 0. The highest BCUT2D eigenvalue weighted by Crippen LogP contribution is 2.36. The standard InChI is InChI=1S/C14H24N2S/c1-3-8-16-9-4-6-13(16)11-15-12-14(2)7-5-10-17-14/h4,6,9,15H,3,5,7-8,10-12H2,1-2H3. The number of nitrogens with one attached hydrogen (secondary N) is 1. The highest BCUT2D eigenvalue weighted by Gasteiger charge is 2.28. The van der Waals surface area contributed by atoms with E-state index in [4.69, 9.17) is 0 Å². The lowest BCUT2D eigenvalue weighted by Crippen LogP contribution is -2.32. The maximum absolute atomic E-state index is 3.63. The second kappa shape index (κ2) is 5.96. The minimum absolute atomic E-state index is 0.474. The number of thioether (sulfide) groups is 1. The Morgan fingerprint density at radius 1 is 1.53 bits per heavy atom. The highest BCUT2D eigenvalue weighted by molar-refractivity contribution is 8.00. The summed E-state index contributed by atoms with van der Waals surface area (Å²) in [5.74, 6) is 1.34. The average Bonchev–Trinajstić information content (AvgIpc) is 2.90. The minimum Gasteiger partial charge on any atom is -0.350 e. The minimum atomic E-state index is 0.474. The quantitative estimate of drug-likeness (QED) is 0.837. The van der Waals surface area contributed by atoms with Gasteiger partial charge in [0, 0.05) is 36.3 Å². The van der Waals surface area contributed by atoms with Crippen molar-refractivity contribution in [2.24, 2.45) is 0 Å². The van der Waals surface area contributed by atoms with Crippen LogP contribution in [0.4, 0.5) is 0 Å². The van der Waals surface area contributed by atoms with Crippen molar-refractivity contribution in [2.45, 2.75) is 50.9 Å². The molecule has 0 amide bonds. The van der Waals surface area contributed by atoms with Gasteiger partial charge in [0.1, 0.15) is 0 Å². The second-order valence-electron chi connectivity index (χ2n) is 5.20. The summed E-state index contributed by atoms with van der Waals surface area (Å²) in [6.45, 7) is 7.89. The van der Waals surface area contributed by atoms with E-state index in [2.05, 4.69) is 53.8 Å². The van der Waals surface area contributed by atoms with Gasteiger partial charge in [0.15, 0.2) is 0 Å². The lowest BCUT2D eigenvalue weighted by molar-refractivity contribution is 0.522. The van der Waals surface area contributed by atoms with Crippen molar-refractivity contribution in [1.29, 1.82) is 0 Å². The lowest BCUT2D eigenvalue weighted by atomic mass is 10.1. The van der Waals surface area contributed by atoms with Gasteiger partial charge >= 0.3 is 0 Å². The third-order valence-electron chi connectivity index (χ3n) is 3.49. The molecule has 3 heteroatoms. The highest BCUT2D eigenvalue weighted by atomic mass is 32.2. The molecule has 1 aromatic rings. The maximum atomic E-state index is 3.63. The van der Waals surface area contributed by atoms with Crippen LogP contribution in [0.25, 0.3) is 0 Å². The Morgan fingerprint density at radius 3 is 3.12 bits per heavy atom. The van der Waals surface area contributed by atoms with Gasteiger partial charge in [-0.1, -0.05) is 6.92 Å². The van der Waals surface area contributed by atoms with Gasteiger partial charge in [0.25, 0.3) is 0 Å². The molecule has 0 radical (unpaired) electrons. The van der Waals surface area contributed by atoms with Crippen LogP contribution in [0.2, 0.25) is 0 Å². The van der Waals surface area contributed by atoms with Crippen LogP contribution < -0.4 is 5.32 Å². The molecule has 1 aliphatic heterocycles. The zero-order valence-corrected chi connectivity index (χ0v) is 11.9. The van der Waals surface area contributed by atoms with Crippen LogP contribution in [0.1, 0.15) is 38.8 Å². The van der Waals surface area contributed by atoms with Crippen molar-refractivity contribution >= 4 is 11.8 Å². The number of hydrogen-bond donors (Lipinski definition) is 1. The molecule has 1 atom stereocenters. The molecule has 1 saturated heterocycles. The Hall–Kier alpha value is -0.410. The van der Waals surface area contributed by atoms with Crippen LogP contribution in [0.5, 0.6) is 0 Å². The van der Waals surface area contributed by atoms with Crippen molar-refractivity contribution in [1.82, 2.24) is 9.88 Å². The number of hydrogen-bond acceptors (Lipinski definition) is 2. The van der Waals surface area contributed by atoms with Crippen LogP contribution in [-0.2, 0) is 13.1 Å². The molecule has 0 aliphatic carbocycles. The van der Waals surface area contributed by atoms with Crippen LogP contribution in [0.15, 0.2) is 18.3 Å². The smallest absolute Gasteiger partial charge is 0.0359 e. The molecule has 2 rings (SSSR count). The Bertz CT molecular complexity index is 340. The van der Waals surface area contributed by atoms with Crippen molar-refractivity contribution in [3.8, 4) is 0 Å². The van der Waals surface area contributed by atoms with Gasteiger partial charge in [-0.05, 0) is 44.1 Å². The number of aryl methyl sites for hydroxylation is 1. The van der Waals surface area contributed by atoms with E-state index in [-0.39, 0.29) is 0 Å². The number of nitrogens with zero attached hydrogens (tertiary/aromatic N) is 1. The predicted molar refractivity (Wildman–Crippen MR) is 76.5 cm³/mol. The van der Waals surface area contributed by atoms with E-state index in [0.29, 0.717) is 4.75 Å². The van der Waals surface area contributed by atoms with Crippen LogP contribution in [0, 0.1) is 0 Å². The first-order valence-corrected chi connectivity index (χ1v) is 7.71. The Labute approximate surface area is 109 Å². The molecule has 1 aromatic heterocycles. The summed E-state index contributed by atoms with van der Waals surface area (Å²) in [4.78, 5) is 0. The molecule has 17 heavy (non-hydrogen) atoms. The fourth-order valence-corrected chi connectivity index (χ4v) is 3.77. The van der Waals surface area contributed by atoms with E-state index in [1.807, 2.05) is 0 Å². The fourth-order valence-electron chi connectivity index (χ4n) is 2.50. The zero-order chi connectivity index (χ0) is 12.1. The monoisotopic (exact) mass is 252 g/mol. The second-order valence-corrected chi connectivity index (χ2v) is 6.88. The summed E-state index contributed by atoms with van der Waals surface area (Å²) in [6.07, 6.45) is 6.14. The Balaban J connectivity index is 1.79. The third-order valence-corrected chi connectivity index (χ3v) is 5.03. The van der Waals surface area contributed by atoms with E-state index in [9.17, 15) is 0 Å². The van der Waals surface area contributed by atoms with Gasteiger partial charge in [0.05, 0.1) is 0 Å². The largest absolute Gasteiger partial charge is 0.350 e. The van der Waals surface area contributed by atoms with Crippen molar-refractivity contribution in [3.05, 3.63) is 24.0 Å². The van der Waals surface area contributed by atoms with Crippen LogP contribution in [0.3, 0.4) is 0 Å². The molecular formula is C14H24N2S. The van der Waals surface area contributed by atoms with E-state index in [0.717, 1.165) is 19.6 Å². The van der Waals surface area contributed by atoms with E-state index in [1.165, 1.54) is 30.7 Å². The maximum Gasteiger partial charge on any atom is 0.0359 e. The lowest BCUT2D eigenvalue weighted by Gasteiger charge is -2.23. The third kappa shape index (κ3) is 3.52. The first kappa shape index (κ1) is 13.0. The molecule has 1 fully saturated rings. The van der Waals surface area contributed by atoms with Crippen molar-refractivity contribution in [2.75, 3.05) is 12.3 Å². The summed E-state index contributed by atoms with van der Waals surface area (Å²) in [5, 5.41) is 3.63. The van der Waals surface area contributed by atoms with Gasteiger partial charge in [-0.2, -0.15) is 11.8 Å². The van der Waals surface area contributed by atoms with Gasteiger partial charge in [-0.25, -0.2) is 0 Å². The average molecular weight is 252 g/mol. The molecule has 0 aromatic carbocycles. The molecule has 0 bridgehead atoms. The van der Waals surface area contributed by atoms with Gasteiger partial charge in [0.2, 0.25) is 0 Å². The molecule has 96 valence electrons. The molecule has 2 heterocycles. The molecule has 1 unspecified atom stereocenters. The fraction of sp³-hybridized carbons (Fsp3) is 0.714. The number of aromatic nitrogens is 1. The normalized spacial score (nSPS) is 24.4. The van der Waals surface area contributed by atoms with E-state index in [1.54, 1.807) is 0 Å². The van der Waals surface area contributed by atoms with Crippen LogP contribution >= 0.6 is 11.8 Å². The van der Waals surface area contributed by atoms with E-state index >= 15 is 0 Å². The van der Waals surface area contributed by atoms with Crippen LogP contribution in [-0.4, -0.2) is 21.6 Å². The van der Waals surface area contributed by atoms with Crippen molar-refractivity contribution in [3.63, 3.8) is 0 Å². The molecule has 1 N–H and O–H groups in total. The van der Waals surface area contributed by atoms with E-state index < -0.39 is 0 Å². The summed E-state index contributed by atoms with van der Waals surface area (Å²) < 4.78 is 2.83. The molecule has 0 spiro atoms. The molecule has 2 nitrogen and oxygen atoms in total. The summed E-state index contributed by atoms with van der Waals surface area (Å²) >= 11 is 2.13. The first-order valence-electron chi connectivity index (χ1n) is 6.72. The van der Waals surface area contributed by atoms with Gasteiger partial charge in [-0.3, -0.25) is 0 Å². The SMILES string of the molecule is CCCn1cccc1CNCC1(C)CCCS1. The molecule has 0 saturated carbocycles. The van der Waals surface area contributed by atoms with Gasteiger partial charge in [-0.15, -0.1) is 0 Å². The topological polar surface area (TPSA) is 17.0 Å². The Morgan fingerprint density at radius 2 is 2.41 bits per heavy atom. The zero-order valence-electron chi connectivity index (χ0n) is 11.0. The first-order chi connectivity index (χ1) is 8.23. The summed E-state index contributed by atoms with van der Waals surface area (Å²) in [6, 6.07) is 4.38.